The van der Waals surface area contributed by atoms with Crippen LogP contribution in [0.5, 0.6) is 0 Å². The third-order valence-corrected chi connectivity index (χ3v) is 6.23. The highest BCUT2D eigenvalue weighted by Gasteiger charge is 2.33. The van der Waals surface area contributed by atoms with Gasteiger partial charge in [0.1, 0.15) is 11.7 Å². The van der Waals surface area contributed by atoms with Crippen molar-refractivity contribution in [2.45, 2.75) is 70.4 Å². The number of esters is 1. The lowest BCUT2D eigenvalue weighted by atomic mass is 9.97. The number of aromatic nitrogens is 1. The zero-order valence-corrected chi connectivity index (χ0v) is 17.6. The van der Waals surface area contributed by atoms with Crippen LogP contribution in [0.2, 0.25) is 0 Å². The first-order valence-electron chi connectivity index (χ1n) is 10.8. The predicted molar refractivity (Wildman–Crippen MR) is 109 cm³/mol. The topological polar surface area (TPSA) is 80.6 Å². The molecule has 1 aromatic rings. The molecule has 1 aliphatic carbocycles. The number of carbonyl (C=O) groups is 3. The highest BCUT2D eigenvalue weighted by Crippen LogP contribution is 2.28. The maximum absolute atomic E-state index is 12.9. The first-order valence-corrected chi connectivity index (χ1v) is 10.8. The number of aryl methyl sites for hydroxylation is 1. The summed E-state index contributed by atoms with van der Waals surface area (Å²) in [5.74, 6) is -0.346. The second kappa shape index (κ2) is 9.94. The molecule has 3 rings (SSSR count). The van der Waals surface area contributed by atoms with Crippen molar-refractivity contribution in [2.24, 2.45) is 13.0 Å². The van der Waals surface area contributed by atoms with Gasteiger partial charge in [0.05, 0.1) is 6.61 Å². The average molecular weight is 404 g/mol. The van der Waals surface area contributed by atoms with E-state index < -0.39 is 6.04 Å². The van der Waals surface area contributed by atoms with Gasteiger partial charge in [-0.25, -0.2) is 4.79 Å². The first kappa shape index (κ1) is 21.4. The third kappa shape index (κ3) is 5.40. The van der Waals surface area contributed by atoms with Crippen molar-refractivity contribution in [3.05, 3.63) is 24.0 Å². The molecule has 0 spiro atoms. The van der Waals surface area contributed by atoms with E-state index in [9.17, 15) is 14.4 Å². The summed E-state index contributed by atoms with van der Waals surface area (Å²) >= 11 is 0. The zero-order valence-electron chi connectivity index (χ0n) is 17.6. The largest absolute Gasteiger partial charge is 0.464 e. The van der Waals surface area contributed by atoms with E-state index in [0.29, 0.717) is 12.1 Å². The van der Waals surface area contributed by atoms with Gasteiger partial charge in [0.2, 0.25) is 5.91 Å². The summed E-state index contributed by atoms with van der Waals surface area (Å²) in [5.41, 5.74) is 0.681. The fourth-order valence-electron chi connectivity index (χ4n) is 4.66. The lowest BCUT2D eigenvalue weighted by Crippen LogP contribution is -2.46. The third-order valence-electron chi connectivity index (χ3n) is 6.23. The van der Waals surface area contributed by atoms with Gasteiger partial charge in [-0.15, -0.1) is 0 Å². The molecule has 2 heterocycles. The maximum atomic E-state index is 12.9. The van der Waals surface area contributed by atoms with E-state index in [0.717, 1.165) is 51.5 Å². The molecule has 29 heavy (non-hydrogen) atoms. The van der Waals surface area contributed by atoms with Crippen LogP contribution in [0.1, 0.15) is 68.8 Å². The van der Waals surface area contributed by atoms with E-state index in [2.05, 4.69) is 5.32 Å². The van der Waals surface area contributed by atoms with Crippen LogP contribution < -0.4 is 5.32 Å². The number of ether oxygens (including phenoxy) is 1. The van der Waals surface area contributed by atoms with Crippen LogP contribution in [0.3, 0.4) is 0 Å². The fourth-order valence-corrected chi connectivity index (χ4v) is 4.66. The number of nitrogens with zero attached hydrogens (tertiary/aromatic N) is 2. The van der Waals surface area contributed by atoms with Crippen molar-refractivity contribution in [1.82, 2.24) is 14.8 Å². The Morgan fingerprint density at radius 2 is 1.90 bits per heavy atom. The van der Waals surface area contributed by atoms with Crippen LogP contribution in [0.4, 0.5) is 0 Å². The Kier molecular flexibility index (Phi) is 7.34. The van der Waals surface area contributed by atoms with Crippen LogP contribution in [-0.2, 0) is 21.4 Å². The molecule has 1 aliphatic heterocycles. The number of piperidine rings is 1. The number of hydrogen-bond acceptors (Lipinski definition) is 4. The minimum Gasteiger partial charge on any atom is -0.464 e. The highest BCUT2D eigenvalue weighted by atomic mass is 16.5. The Hall–Kier alpha value is -2.31. The molecule has 0 bridgehead atoms. The quantitative estimate of drug-likeness (QED) is 0.710. The second-order valence-corrected chi connectivity index (χ2v) is 8.33. The van der Waals surface area contributed by atoms with Gasteiger partial charge in [0, 0.05) is 39.2 Å². The SMILES string of the molecule is CC(=O)NC(C(=O)OCCC1CCCCN1C(=O)c1cccn1C)C1CCCC1. The first-order chi connectivity index (χ1) is 14.0. The Bertz CT molecular complexity index is 723. The van der Waals surface area contributed by atoms with Crippen molar-refractivity contribution in [3.63, 3.8) is 0 Å². The maximum Gasteiger partial charge on any atom is 0.328 e. The summed E-state index contributed by atoms with van der Waals surface area (Å²) in [7, 11) is 1.87. The van der Waals surface area contributed by atoms with Crippen LogP contribution in [0.15, 0.2) is 18.3 Å². The van der Waals surface area contributed by atoms with E-state index in [1.54, 1.807) is 0 Å². The van der Waals surface area contributed by atoms with Crippen molar-refractivity contribution < 1.29 is 19.1 Å². The van der Waals surface area contributed by atoms with Gasteiger partial charge in [0.25, 0.3) is 5.91 Å². The Balaban J connectivity index is 1.55. The number of rotatable bonds is 7. The molecular formula is C22H33N3O4. The molecule has 1 aromatic heterocycles. The predicted octanol–water partition coefficient (Wildman–Crippen LogP) is 2.65. The molecule has 2 atom stereocenters. The van der Waals surface area contributed by atoms with Gasteiger partial charge in [-0.1, -0.05) is 12.8 Å². The fraction of sp³-hybridized carbons (Fsp3) is 0.682. The summed E-state index contributed by atoms with van der Waals surface area (Å²) in [4.78, 5) is 39.0. The summed E-state index contributed by atoms with van der Waals surface area (Å²) < 4.78 is 7.41. The number of carbonyl (C=O) groups excluding carboxylic acids is 3. The van der Waals surface area contributed by atoms with Gasteiger partial charge in [0.15, 0.2) is 0 Å². The van der Waals surface area contributed by atoms with E-state index in [-0.39, 0.29) is 36.4 Å². The zero-order chi connectivity index (χ0) is 20.8. The van der Waals surface area contributed by atoms with Crippen molar-refractivity contribution >= 4 is 17.8 Å². The lowest BCUT2D eigenvalue weighted by molar-refractivity contribution is -0.149. The van der Waals surface area contributed by atoms with Crippen LogP contribution >= 0.6 is 0 Å². The molecule has 1 saturated heterocycles. The van der Waals surface area contributed by atoms with E-state index >= 15 is 0 Å². The second-order valence-electron chi connectivity index (χ2n) is 8.33. The van der Waals surface area contributed by atoms with E-state index in [1.807, 2.05) is 34.8 Å². The molecule has 2 amide bonds. The van der Waals surface area contributed by atoms with Crippen molar-refractivity contribution in [1.29, 1.82) is 0 Å². The summed E-state index contributed by atoms with van der Waals surface area (Å²) in [6.45, 7) is 2.44. The standard InChI is InChI=1S/C22H33N3O4/c1-16(26)23-20(17-8-3-4-9-17)22(28)29-15-12-18-10-5-6-14-25(18)21(27)19-11-7-13-24(19)2/h7,11,13,17-18,20H,3-6,8-10,12,14-15H2,1-2H3,(H,23,26). The normalized spacial score (nSPS) is 21.0. The molecule has 160 valence electrons. The smallest absolute Gasteiger partial charge is 0.328 e. The van der Waals surface area contributed by atoms with Gasteiger partial charge in [-0.05, 0) is 50.2 Å². The average Bonchev–Trinajstić information content (AvgIpc) is 3.37. The molecule has 2 fully saturated rings. The summed E-state index contributed by atoms with van der Waals surface area (Å²) in [6.07, 6.45) is 9.57. The Morgan fingerprint density at radius 1 is 1.17 bits per heavy atom. The molecule has 1 N–H and O–H groups in total. The lowest BCUT2D eigenvalue weighted by Gasteiger charge is -2.36. The van der Waals surface area contributed by atoms with Gasteiger partial charge in [-0.3, -0.25) is 9.59 Å². The van der Waals surface area contributed by atoms with Crippen molar-refractivity contribution in [3.8, 4) is 0 Å². The molecule has 1 saturated carbocycles. The van der Waals surface area contributed by atoms with Crippen molar-refractivity contribution in [2.75, 3.05) is 13.2 Å². The number of hydrogen-bond donors (Lipinski definition) is 1. The summed E-state index contributed by atoms with van der Waals surface area (Å²) in [6, 6.07) is 3.24. The molecule has 0 aromatic carbocycles. The van der Waals surface area contributed by atoms with Crippen LogP contribution in [0, 0.1) is 5.92 Å². The highest BCUT2D eigenvalue weighted by molar-refractivity contribution is 5.93. The molecule has 7 heteroatoms. The molecule has 7 nitrogen and oxygen atoms in total. The van der Waals surface area contributed by atoms with Gasteiger partial charge >= 0.3 is 5.97 Å². The number of amides is 2. The van der Waals surface area contributed by atoms with E-state index in [4.69, 9.17) is 4.74 Å². The monoisotopic (exact) mass is 403 g/mol. The Labute approximate surface area is 172 Å². The minimum atomic E-state index is -0.553. The van der Waals surface area contributed by atoms with E-state index in [1.165, 1.54) is 6.92 Å². The number of nitrogens with one attached hydrogen (secondary N) is 1. The van der Waals surface area contributed by atoms with Gasteiger partial charge in [-0.2, -0.15) is 0 Å². The molecule has 2 unspecified atom stereocenters. The molecule has 0 radical (unpaired) electrons. The van der Waals surface area contributed by atoms with Crippen LogP contribution in [-0.4, -0.2) is 52.5 Å². The Morgan fingerprint density at radius 3 is 2.55 bits per heavy atom. The molecular weight excluding hydrogens is 370 g/mol. The number of likely N-dealkylation sites (tertiary alicyclic amines) is 1. The summed E-state index contributed by atoms with van der Waals surface area (Å²) in [5, 5.41) is 2.78. The van der Waals surface area contributed by atoms with Gasteiger partial charge < -0.3 is 19.5 Å². The van der Waals surface area contributed by atoms with Crippen LogP contribution in [0.25, 0.3) is 0 Å². The molecule has 2 aliphatic rings. The minimum absolute atomic E-state index is 0.0376.